The van der Waals surface area contributed by atoms with Gasteiger partial charge in [-0.05, 0) is 5.75 Å². The zero-order valence-electron chi connectivity index (χ0n) is 11.5. The largest absolute Gasteiger partial charge is 0.388 e. The first-order valence-electron chi connectivity index (χ1n) is 6.65. The maximum Gasteiger partial charge on any atom is 0.166 e. The minimum Gasteiger partial charge on any atom is -0.388 e. The fourth-order valence-electron chi connectivity index (χ4n) is 2.44. The number of aromatic nitrogens is 4. The molecule has 21 heavy (non-hydrogen) atoms. The van der Waals surface area contributed by atoms with Crippen LogP contribution < -0.4 is 5.73 Å². The van der Waals surface area contributed by atoms with E-state index in [-0.39, 0.29) is 12.0 Å². The number of anilines is 1. The molecular formula is C12H17N5O3S. The summed E-state index contributed by atoms with van der Waals surface area (Å²) in [5, 5.41) is 19.5. The predicted octanol–water partition coefficient (Wildman–Crippen LogP) is -0.219. The van der Waals surface area contributed by atoms with Crippen LogP contribution in [0.4, 0.5) is 5.82 Å². The molecule has 0 aliphatic carbocycles. The maximum atomic E-state index is 10.1. The molecule has 1 aliphatic rings. The zero-order chi connectivity index (χ0) is 15.0. The molecule has 2 aromatic rings. The Labute approximate surface area is 125 Å². The van der Waals surface area contributed by atoms with Crippen LogP contribution in [0.25, 0.3) is 11.2 Å². The molecule has 0 radical (unpaired) electrons. The van der Waals surface area contributed by atoms with E-state index in [2.05, 4.69) is 15.0 Å². The number of thioether (sulfide) groups is 1. The number of imidazole rings is 1. The molecule has 0 spiro atoms. The van der Waals surface area contributed by atoms with E-state index < -0.39 is 18.3 Å². The second-order valence-corrected chi connectivity index (χ2v) is 6.18. The fourth-order valence-corrected chi connectivity index (χ4v) is 3.52. The maximum absolute atomic E-state index is 10.1. The SMILES string of the molecule is CCSC([C@@H]1OC[C@@H](O)[C@@H]1O)n1cnc2c(N)ncnc21. The van der Waals surface area contributed by atoms with Crippen LogP contribution in [-0.4, -0.2) is 60.4 Å². The highest BCUT2D eigenvalue weighted by Crippen LogP contribution is 2.36. The minimum atomic E-state index is -0.939. The molecule has 0 saturated carbocycles. The number of fused-ring (bicyclic) bond motifs is 1. The van der Waals surface area contributed by atoms with Crippen molar-refractivity contribution in [2.45, 2.75) is 30.6 Å². The second kappa shape index (κ2) is 5.76. The van der Waals surface area contributed by atoms with E-state index in [1.54, 1.807) is 18.1 Å². The van der Waals surface area contributed by atoms with Crippen LogP contribution in [0.1, 0.15) is 12.3 Å². The first kappa shape index (κ1) is 14.5. The smallest absolute Gasteiger partial charge is 0.166 e. The molecule has 4 atom stereocenters. The van der Waals surface area contributed by atoms with Gasteiger partial charge in [0, 0.05) is 0 Å². The van der Waals surface area contributed by atoms with E-state index in [4.69, 9.17) is 10.5 Å². The molecule has 0 bridgehead atoms. The summed E-state index contributed by atoms with van der Waals surface area (Å²) in [5.74, 6) is 1.13. The Bertz CT molecular complexity index is 636. The normalized spacial score (nSPS) is 27.3. The van der Waals surface area contributed by atoms with E-state index in [1.165, 1.54) is 6.33 Å². The molecule has 0 amide bonds. The third-order valence-corrected chi connectivity index (χ3v) is 4.64. The number of nitrogens with two attached hydrogens (primary N) is 1. The highest BCUT2D eigenvalue weighted by molar-refractivity contribution is 7.99. The Morgan fingerprint density at radius 2 is 2.29 bits per heavy atom. The average Bonchev–Trinajstić information content (AvgIpc) is 3.03. The molecule has 0 aromatic carbocycles. The topological polar surface area (TPSA) is 119 Å². The van der Waals surface area contributed by atoms with Gasteiger partial charge >= 0.3 is 0 Å². The van der Waals surface area contributed by atoms with Gasteiger partial charge in [0.15, 0.2) is 11.5 Å². The van der Waals surface area contributed by atoms with Crippen molar-refractivity contribution in [3.8, 4) is 0 Å². The van der Waals surface area contributed by atoms with Crippen LogP contribution in [0, 0.1) is 0 Å². The lowest BCUT2D eigenvalue weighted by atomic mass is 10.1. The number of hydrogen-bond donors (Lipinski definition) is 3. The Hall–Kier alpha value is -1.42. The summed E-state index contributed by atoms with van der Waals surface area (Å²) in [6.45, 7) is 2.13. The van der Waals surface area contributed by atoms with Crippen LogP contribution in [-0.2, 0) is 4.74 Å². The fraction of sp³-hybridized carbons (Fsp3) is 0.583. The quantitative estimate of drug-likeness (QED) is 0.709. The predicted molar refractivity (Wildman–Crippen MR) is 78.7 cm³/mol. The Morgan fingerprint density at radius 1 is 1.48 bits per heavy atom. The van der Waals surface area contributed by atoms with Gasteiger partial charge in [0.25, 0.3) is 0 Å². The van der Waals surface area contributed by atoms with E-state index in [0.717, 1.165) is 5.75 Å². The third-order valence-electron chi connectivity index (χ3n) is 3.47. The van der Waals surface area contributed by atoms with Crippen molar-refractivity contribution in [3.05, 3.63) is 12.7 Å². The molecule has 114 valence electrons. The van der Waals surface area contributed by atoms with Gasteiger partial charge in [-0.1, -0.05) is 6.92 Å². The highest BCUT2D eigenvalue weighted by atomic mass is 32.2. The van der Waals surface area contributed by atoms with E-state index in [0.29, 0.717) is 17.0 Å². The lowest BCUT2D eigenvalue weighted by Crippen LogP contribution is -2.35. The average molecular weight is 311 g/mol. The standard InChI is InChI=1S/C12H17N5O3S/c1-2-21-12(9-8(19)6(18)3-20-9)17-5-16-7-10(13)14-4-15-11(7)17/h4-6,8-9,12,18-19H,2-3H2,1H3,(H2,13,14,15)/t6-,8+,9-,12?/m1/s1. The van der Waals surface area contributed by atoms with Crippen molar-refractivity contribution in [3.63, 3.8) is 0 Å². The first-order valence-corrected chi connectivity index (χ1v) is 7.70. The molecular weight excluding hydrogens is 294 g/mol. The number of nitrogen functional groups attached to an aromatic ring is 1. The second-order valence-electron chi connectivity index (χ2n) is 4.78. The van der Waals surface area contributed by atoms with Crippen LogP contribution in [0.5, 0.6) is 0 Å². The molecule has 3 heterocycles. The van der Waals surface area contributed by atoms with Crippen LogP contribution in [0.3, 0.4) is 0 Å². The molecule has 8 nitrogen and oxygen atoms in total. The van der Waals surface area contributed by atoms with Gasteiger partial charge in [-0.15, -0.1) is 11.8 Å². The van der Waals surface area contributed by atoms with Crippen molar-refractivity contribution in [2.24, 2.45) is 0 Å². The van der Waals surface area contributed by atoms with Crippen LogP contribution in [0.2, 0.25) is 0 Å². The third kappa shape index (κ3) is 2.46. The van der Waals surface area contributed by atoms with E-state index in [1.807, 2.05) is 11.5 Å². The molecule has 1 aliphatic heterocycles. The number of nitrogens with zero attached hydrogens (tertiary/aromatic N) is 4. The van der Waals surface area contributed by atoms with Crippen molar-refractivity contribution < 1.29 is 14.9 Å². The molecule has 3 rings (SSSR count). The molecule has 1 unspecified atom stereocenters. The molecule has 1 saturated heterocycles. The van der Waals surface area contributed by atoms with Gasteiger partial charge in [0.1, 0.15) is 35.5 Å². The van der Waals surface area contributed by atoms with Gasteiger partial charge in [-0.3, -0.25) is 4.57 Å². The van der Waals surface area contributed by atoms with Gasteiger partial charge in [-0.25, -0.2) is 15.0 Å². The zero-order valence-corrected chi connectivity index (χ0v) is 12.3. The van der Waals surface area contributed by atoms with E-state index in [9.17, 15) is 10.2 Å². The van der Waals surface area contributed by atoms with Crippen molar-refractivity contribution in [2.75, 3.05) is 18.1 Å². The molecule has 4 N–H and O–H groups in total. The number of hydrogen-bond acceptors (Lipinski definition) is 8. The lowest BCUT2D eigenvalue weighted by molar-refractivity contribution is 0.0138. The summed E-state index contributed by atoms with van der Waals surface area (Å²) in [5.41, 5.74) is 6.90. The summed E-state index contributed by atoms with van der Waals surface area (Å²) in [6.07, 6.45) is 0.655. The summed E-state index contributed by atoms with van der Waals surface area (Å²) >= 11 is 1.58. The molecule has 2 aromatic heterocycles. The Morgan fingerprint density at radius 3 is 2.95 bits per heavy atom. The molecule has 9 heteroatoms. The highest BCUT2D eigenvalue weighted by Gasteiger charge is 2.41. The van der Waals surface area contributed by atoms with Crippen molar-refractivity contribution >= 4 is 28.7 Å². The number of ether oxygens (including phenoxy) is 1. The number of aliphatic hydroxyl groups excluding tert-OH is 2. The summed E-state index contributed by atoms with van der Waals surface area (Å²) in [6, 6.07) is 0. The van der Waals surface area contributed by atoms with Gasteiger partial charge in [0.05, 0.1) is 12.9 Å². The van der Waals surface area contributed by atoms with Crippen molar-refractivity contribution in [1.29, 1.82) is 0 Å². The number of rotatable bonds is 4. The van der Waals surface area contributed by atoms with Crippen LogP contribution >= 0.6 is 11.8 Å². The monoisotopic (exact) mass is 311 g/mol. The number of aliphatic hydroxyl groups is 2. The van der Waals surface area contributed by atoms with Gasteiger partial charge in [0.2, 0.25) is 0 Å². The Kier molecular flexibility index (Phi) is 3.98. The van der Waals surface area contributed by atoms with Gasteiger partial charge < -0.3 is 20.7 Å². The lowest BCUT2D eigenvalue weighted by Gasteiger charge is -2.26. The van der Waals surface area contributed by atoms with Crippen molar-refractivity contribution in [1.82, 2.24) is 19.5 Å². The van der Waals surface area contributed by atoms with Gasteiger partial charge in [-0.2, -0.15) is 0 Å². The Balaban J connectivity index is 2.02. The summed E-state index contributed by atoms with van der Waals surface area (Å²) in [7, 11) is 0. The first-order chi connectivity index (χ1) is 10.1. The summed E-state index contributed by atoms with van der Waals surface area (Å²) in [4.78, 5) is 12.4. The molecule has 1 fully saturated rings. The van der Waals surface area contributed by atoms with Crippen LogP contribution in [0.15, 0.2) is 12.7 Å². The summed E-state index contributed by atoms with van der Waals surface area (Å²) < 4.78 is 7.36. The van der Waals surface area contributed by atoms with E-state index >= 15 is 0 Å². The minimum absolute atomic E-state index is 0.121.